The molecule has 0 saturated carbocycles. The second-order valence-corrected chi connectivity index (χ2v) is 5.58. The molecule has 0 radical (unpaired) electrons. The first-order valence-corrected chi connectivity index (χ1v) is 8.53. The van der Waals surface area contributed by atoms with Crippen molar-refractivity contribution in [1.82, 2.24) is 5.32 Å². The number of rotatable bonds is 9. The highest BCUT2D eigenvalue weighted by Crippen LogP contribution is 2.17. The second kappa shape index (κ2) is 10.2. The van der Waals surface area contributed by atoms with Gasteiger partial charge in [0, 0.05) is 5.69 Å². The molecule has 0 aliphatic carbocycles. The van der Waals surface area contributed by atoms with Crippen LogP contribution in [0.5, 0.6) is 5.75 Å². The van der Waals surface area contributed by atoms with E-state index in [4.69, 9.17) is 9.47 Å². The molecular weight excluding hydrogens is 332 g/mol. The van der Waals surface area contributed by atoms with E-state index in [0.29, 0.717) is 24.4 Å². The van der Waals surface area contributed by atoms with Crippen LogP contribution in [0, 0.1) is 0 Å². The lowest BCUT2D eigenvalue weighted by molar-refractivity contribution is -0.115. The number of methoxy groups -OCH3 is 1. The Balaban J connectivity index is 1.74. The predicted octanol–water partition coefficient (Wildman–Crippen LogP) is 2.64. The topological polar surface area (TPSA) is 76.7 Å². The number of para-hydroxylation sites is 1. The fraction of sp³-hybridized carbons (Fsp3) is 0.300. The minimum absolute atomic E-state index is 0.145. The molecule has 6 heteroatoms. The zero-order chi connectivity index (χ0) is 18.8. The summed E-state index contributed by atoms with van der Waals surface area (Å²) in [6, 6.07) is 14.4. The average Bonchev–Trinajstić information content (AvgIpc) is 2.66. The molecule has 138 valence electrons. The van der Waals surface area contributed by atoms with E-state index in [1.807, 2.05) is 24.3 Å². The van der Waals surface area contributed by atoms with E-state index in [1.54, 1.807) is 38.3 Å². The number of ether oxygens (including phenoxy) is 2. The number of carbonyl (C=O) groups excluding carboxylic acids is 2. The van der Waals surface area contributed by atoms with Gasteiger partial charge in [-0.25, -0.2) is 4.79 Å². The van der Waals surface area contributed by atoms with Crippen molar-refractivity contribution < 1.29 is 19.1 Å². The van der Waals surface area contributed by atoms with Gasteiger partial charge in [-0.2, -0.15) is 0 Å². The molecule has 1 amide bonds. The third-order valence-corrected chi connectivity index (χ3v) is 3.73. The summed E-state index contributed by atoms with van der Waals surface area (Å²) in [7, 11) is 1.65. The number of benzene rings is 2. The maximum Gasteiger partial charge on any atom is 0.338 e. The van der Waals surface area contributed by atoms with Gasteiger partial charge in [-0.1, -0.05) is 18.2 Å². The number of anilines is 1. The van der Waals surface area contributed by atoms with Crippen LogP contribution in [-0.2, 0) is 16.0 Å². The Hall–Kier alpha value is -2.86. The van der Waals surface area contributed by atoms with Crippen LogP contribution in [0.15, 0.2) is 48.5 Å². The lowest BCUT2D eigenvalue weighted by Gasteiger charge is -2.09. The molecule has 0 saturated heterocycles. The molecule has 0 aliphatic heterocycles. The summed E-state index contributed by atoms with van der Waals surface area (Å²) in [6.45, 7) is 2.95. The molecule has 0 bridgehead atoms. The Labute approximate surface area is 153 Å². The minimum Gasteiger partial charge on any atom is -0.496 e. The van der Waals surface area contributed by atoms with Crippen LogP contribution in [0.2, 0.25) is 0 Å². The maximum atomic E-state index is 12.0. The van der Waals surface area contributed by atoms with Crippen molar-refractivity contribution in [2.75, 3.05) is 32.1 Å². The average molecular weight is 356 g/mol. The monoisotopic (exact) mass is 356 g/mol. The maximum absolute atomic E-state index is 12.0. The second-order valence-electron chi connectivity index (χ2n) is 5.58. The van der Waals surface area contributed by atoms with E-state index >= 15 is 0 Å². The predicted molar refractivity (Wildman–Crippen MR) is 101 cm³/mol. The number of carbonyl (C=O) groups is 2. The zero-order valence-corrected chi connectivity index (χ0v) is 15.1. The highest BCUT2D eigenvalue weighted by molar-refractivity contribution is 5.94. The Morgan fingerprint density at radius 1 is 1.04 bits per heavy atom. The van der Waals surface area contributed by atoms with E-state index < -0.39 is 0 Å². The highest BCUT2D eigenvalue weighted by Gasteiger charge is 2.07. The summed E-state index contributed by atoms with van der Waals surface area (Å²) in [5.74, 6) is 0.331. The Bertz CT molecular complexity index is 729. The lowest BCUT2D eigenvalue weighted by Crippen LogP contribution is -2.29. The molecule has 0 heterocycles. The molecule has 0 aliphatic rings. The van der Waals surface area contributed by atoms with Crippen LogP contribution in [0.3, 0.4) is 0 Å². The van der Waals surface area contributed by atoms with Gasteiger partial charge < -0.3 is 20.1 Å². The summed E-state index contributed by atoms with van der Waals surface area (Å²) in [5.41, 5.74) is 2.19. The van der Waals surface area contributed by atoms with Crippen molar-refractivity contribution in [1.29, 1.82) is 0 Å². The van der Waals surface area contributed by atoms with Crippen molar-refractivity contribution in [2.45, 2.75) is 13.3 Å². The van der Waals surface area contributed by atoms with Gasteiger partial charge in [-0.3, -0.25) is 4.79 Å². The van der Waals surface area contributed by atoms with Crippen molar-refractivity contribution in [2.24, 2.45) is 0 Å². The van der Waals surface area contributed by atoms with Gasteiger partial charge in [0.15, 0.2) is 0 Å². The molecule has 6 nitrogen and oxygen atoms in total. The van der Waals surface area contributed by atoms with Crippen molar-refractivity contribution in [3.8, 4) is 5.75 Å². The zero-order valence-electron chi connectivity index (χ0n) is 15.1. The van der Waals surface area contributed by atoms with Gasteiger partial charge >= 0.3 is 5.97 Å². The van der Waals surface area contributed by atoms with Gasteiger partial charge in [0.05, 0.1) is 25.8 Å². The third-order valence-electron chi connectivity index (χ3n) is 3.73. The lowest BCUT2D eigenvalue weighted by atomic mass is 10.1. The molecule has 2 aromatic carbocycles. The summed E-state index contributed by atoms with van der Waals surface area (Å²) in [4.78, 5) is 23.6. The SMILES string of the molecule is CCOC(=O)c1ccc(NC(=O)CNCCc2ccccc2OC)cc1. The van der Waals surface area contributed by atoms with Crippen molar-refractivity contribution >= 4 is 17.6 Å². The quantitative estimate of drug-likeness (QED) is 0.534. The van der Waals surface area contributed by atoms with Crippen LogP contribution in [0.4, 0.5) is 5.69 Å². The molecule has 0 fully saturated rings. The molecule has 0 atom stereocenters. The van der Waals surface area contributed by atoms with E-state index in [0.717, 1.165) is 17.7 Å². The first-order chi connectivity index (χ1) is 12.6. The normalized spacial score (nSPS) is 10.2. The van der Waals surface area contributed by atoms with Crippen LogP contribution >= 0.6 is 0 Å². The summed E-state index contributed by atoms with van der Waals surface area (Å²) in [5, 5.41) is 5.89. The molecule has 0 spiro atoms. The van der Waals surface area contributed by atoms with E-state index in [1.165, 1.54) is 0 Å². The van der Waals surface area contributed by atoms with Crippen LogP contribution in [0.25, 0.3) is 0 Å². The summed E-state index contributed by atoms with van der Waals surface area (Å²) < 4.78 is 10.2. The number of hydrogen-bond donors (Lipinski definition) is 2. The fourth-order valence-corrected chi connectivity index (χ4v) is 2.44. The van der Waals surface area contributed by atoms with Crippen LogP contribution < -0.4 is 15.4 Å². The van der Waals surface area contributed by atoms with Gasteiger partial charge in [-0.05, 0) is 55.8 Å². The Morgan fingerprint density at radius 2 is 1.77 bits per heavy atom. The Kier molecular flexibility index (Phi) is 7.64. The van der Waals surface area contributed by atoms with Gasteiger partial charge in [0.2, 0.25) is 5.91 Å². The minimum atomic E-state index is -0.372. The van der Waals surface area contributed by atoms with Gasteiger partial charge in [0.1, 0.15) is 5.75 Å². The first-order valence-electron chi connectivity index (χ1n) is 8.53. The van der Waals surface area contributed by atoms with Crippen LogP contribution in [-0.4, -0.2) is 38.7 Å². The molecule has 26 heavy (non-hydrogen) atoms. The van der Waals surface area contributed by atoms with Gasteiger partial charge in [-0.15, -0.1) is 0 Å². The highest BCUT2D eigenvalue weighted by atomic mass is 16.5. The largest absolute Gasteiger partial charge is 0.496 e. The number of nitrogens with one attached hydrogen (secondary N) is 2. The van der Waals surface area contributed by atoms with E-state index in [-0.39, 0.29) is 18.4 Å². The molecule has 0 unspecified atom stereocenters. The number of esters is 1. The molecule has 0 aromatic heterocycles. The van der Waals surface area contributed by atoms with Gasteiger partial charge in [0.25, 0.3) is 0 Å². The fourth-order valence-electron chi connectivity index (χ4n) is 2.44. The third kappa shape index (κ3) is 5.89. The summed E-state index contributed by atoms with van der Waals surface area (Å²) >= 11 is 0. The van der Waals surface area contributed by atoms with Crippen LogP contribution in [0.1, 0.15) is 22.8 Å². The number of hydrogen-bond acceptors (Lipinski definition) is 5. The Morgan fingerprint density at radius 3 is 2.46 bits per heavy atom. The van der Waals surface area contributed by atoms with E-state index in [2.05, 4.69) is 10.6 Å². The molecule has 2 N–H and O–H groups in total. The summed E-state index contributed by atoms with van der Waals surface area (Å²) in [6.07, 6.45) is 0.769. The number of amides is 1. The van der Waals surface area contributed by atoms with Crippen molar-refractivity contribution in [3.05, 3.63) is 59.7 Å². The van der Waals surface area contributed by atoms with E-state index in [9.17, 15) is 9.59 Å². The molecular formula is C20H24N2O4. The molecule has 2 aromatic rings. The van der Waals surface area contributed by atoms with Crippen molar-refractivity contribution in [3.63, 3.8) is 0 Å². The molecule has 2 rings (SSSR count). The standard InChI is InChI=1S/C20H24N2O4/c1-3-26-20(24)16-8-10-17(11-9-16)22-19(23)14-21-13-12-15-6-4-5-7-18(15)25-2/h4-11,21H,3,12-14H2,1-2H3,(H,22,23). The first kappa shape index (κ1) is 19.5. The smallest absolute Gasteiger partial charge is 0.338 e.